The molecule has 1 aromatic carbocycles. The van der Waals surface area contributed by atoms with E-state index in [4.69, 9.17) is 9.47 Å². The van der Waals surface area contributed by atoms with Crippen LogP contribution in [0.1, 0.15) is 43.2 Å². The van der Waals surface area contributed by atoms with Gasteiger partial charge in [0.25, 0.3) is 0 Å². The van der Waals surface area contributed by atoms with Crippen molar-refractivity contribution in [3.8, 4) is 0 Å². The zero-order valence-electron chi connectivity index (χ0n) is 12.7. The van der Waals surface area contributed by atoms with Crippen LogP contribution in [0.2, 0.25) is 0 Å². The molecule has 4 heteroatoms. The van der Waals surface area contributed by atoms with Gasteiger partial charge in [0.1, 0.15) is 0 Å². The van der Waals surface area contributed by atoms with Gasteiger partial charge in [0.15, 0.2) is 0 Å². The van der Waals surface area contributed by atoms with Gasteiger partial charge < -0.3 is 9.47 Å². The van der Waals surface area contributed by atoms with Crippen molar-refractivity contribution in [2.75, 3.05) is 14.2 Å². The number of hydrogen-bond donors (Lipinski definition) is 0. The lowest BCUT2D eigenvalue weighted by molar-refractivity contribution is -0.144. The van der Waals surface area contributed by atoms with Crippen molar-refractivity contribution in [3.05, 3.63) is 35.4 Å². The van der Waals surface area contributed by atoms with Gasteiger partial charge in [0.05, 0.1) is 20.6 Å². The number of fused-ring (bicyclic) bond motifs is 1. The number of benzene rings is 1. The summed E-state index contributed by atoms with van der Waals surface area (Å²) >= 11 is 0. The molecule has 1 atom stereocenters. The van der Waals surface area contributed by atoms with Crippen LogP contribution in [-0.4, -0.2) is 26.2 Å². The Morgan fingerprint density at radius 3 is 2.57 bits per heavy atom. The summed E-state index contributed by atoms with van der Waals surface area (Å²) in [5.74, 6) is -0.459. The van der Waals surface area contributed by atoms with Crippen molar-refractivity contribution in [1.29, 1.82) is 0 Å². The molecule has 0 heterocycles. The molecule has 0 amide bonds. The van der Waals surface area contributed by atoms with Crippen LogP contribution >= 0.6 is 0 Å². The number of rotatable bonds is 5. The quantitative estimate of drug-likeness (QED) is 0.782. The molecule has 0 aromatic heterocycles. The highest BCUT2D eigenvalue weighted by Crippen LogP contribution is 2.43. The fourth-order valence-corrected chi connectivity index (χ4v) is 3.33. The van der Waals surface area contributed by atoms with E-state index in [9.17, 15) is 9.59 Å². The van der Waals surface area contributed by atoms with E-state index in [0.29, 0.717) is 19.3 Å². The van der Waals surface area contributed by atoms with Gasteiger partial charge in [-0.1, -0.05) is 24.3 Å². The fourth-order valence-electron chi connectivity index (χ4n) is 3.33. The summed E-state index contributed by atoms with van der Waals surface area (Å²) < 4.78 is 9.62. The van der Waals surface area contributed by atoms with Crippen LogP contribution in [0.15, 0.2) is 24.3 Å². The van der Waals surface area contributed by atoms with Crippen LogP contribution < -0.4 is 0 Å². The van der Waals surface area contributed by atoms with Gasteiger partial charge in [0, 0.05) is 11.8 Å². The second-order valence-corrected chi connectivity index (χ2v) is 5.62. The third-order valence-electron chi connectivity index (χ3n) is 4.44. The minimum Gasteiger partial charge on any atom is -0.469 e. The molecule has 0 aliphatic heterocycles. The highest BCUT2D eigenvalue weighted by Gasteiger charge is 2.38. The van der Waals surface area contributed by atoms with Crippen LogP contribution in [-0.2, 0) is 30.9 Å². The molecule has 1 aliphatic rings. The summed E-state index contributed by atoms with van der Waals surface area (Å²) in [6, 6.07) is 8.20. The van der Waals surface area contributed by atoms with E-state index in [1.807, 2.05) is 12.1 Å². The van der Waals surface area contributed by atoms with Gasteiger partial charge >= 0.3 is 11.9 Å². The van der Waals surface area contributed by atoms with Crippen molar-refractivity contribution in [2.45, 2.75) is 43.9 Å². The number of carbonyl (C=O) groups excluding carboxylic acids is 2. The Labute approximate surface area is 125 Å². The molecule has 0 bridgehead atoms. The van der Waals surface area contributed by atoms with Gasteiger partial charge in [-0.3, -0.25) is 9.59 Å². The number of aryl methyl sites for hydroxylation is 1. The first kappa shape index (κ1) is 15.5. The third kappa shape index (κ3) is 3.43. The van der Waals surface area contributed by atoms with Crippen molar-refractivity contribution in [1.82, 2.24) is 0 Å². The molecular weight excluding hydrogens is 268 g/mol. The normalized spacial score (nSPS) is 20.5. The van der Waals surface area contributed by atoms with Crippen LogP contribution in [0.25, 0.3) is 0 Å². The zero-order valence-corrected chi connectivity index (χ0v) is 12.7. The Bertz CT molecular complexity index is 523. The molecule has 114 valence electrons. The van der Waals surface area contributed by atoms with Crippen LogP contribution in [0.4, 0.5) is 0 Å². The Morgan fingerprint density at radius 1 is 1.14 bits per heavy atom. The summed E-state index contributed by atoms with van der Waals surface area (Å²) in [4.78, 5) is 23.4. The summed E-state index contributed by atoms with van der Waals surface area (Å²) in [5.41, 5.74) is 2.15. The Morgan fingerprint density at radius 2 is 1.86 bits per heavy atom. The van der Waals surface area contributed by atoms with E-state index < -0.39 is 0 Å². The number of ether oxygens (including phenoxy) is 2. The molecule has 21 heavy (non-hydrogen) atoms. The largest absolute Gasteiger partial charge is 0.469 e. The predicted molar refractivity (Wildman–Crippen MR) is 78.9 cm³/mol. The first-order chi connectivity index (χ1) is 10.1. The summed E-state index contributed by atoms with van der Waals surface area (Å²) in [6.07, 6.45) is 4.20. The average Bonchev–Trinajstić information content (AvgIpc) is 2.53. The Balaban J connectivity index is 2.32. The van der Waals surface area contributed by atoms with Gasteiger partial charge in [-0.25, -0.2) is 0 Å². The second-order valence-electron chi connectivity index (χ2n) is 5.62. The number of hydrogen-bond acceptors (Lipinski definition) is 4. The van der Waals surface area contributed by atoms with E-state index >= 15 is 0 Å². The maximum absolute atomic E-state index is 11.9. The van der Waals surface area contributed by atoms with Gasteiger partial charge in [-0.05, 0) is 36.8 Å². The van der Waals surface area contributed by atoms with Crippen molar-refractivity contribution >= 4 is 11.9 Å². The summed E-state index contributed by atoms with van der Waals surface area (Å²) in [6.45, 7) is 0. The minimum absolute atomic E-state index is 0.225. The fraction of sp³-hybridized carbons (Fsp3) is 0.529. The molecule has 0 spiro atoms. The van der Waals surface area contributed by atoms with Crippen molar-refractivity contribution in [3.63, 3.8) is 0 Å². The van der Waals surface area contributed by atoms with Gasteiger partial charge in [-0.15, -0.1) is 0 Å². The summed E-state index contributed by atoms with van der Waals surface area (Å²) in [7, 11) is 2.80. The number of esters is 2. The first-order valence-electron chi connectivity index (χ1n) is 7.33. The zero-order chi connectivity index (χ0) is 15.3. The number of carbonyl (C=O) groups is 2. The molecule has 1 aliphatic carbocycles. The highest BCUT2D eigenvalue weighted by molar-refractivity contribution is 5.73. The molecule has 0 saturated heterocycles. The molecule has 0 saturated carbocycles. The molecular formula is C17H22O4. The van der Waals surface area contributed by atoms with E-state index in [1.165, 1.54) is 25.3 Å². The minimum atomic E-state index is -0.309. The van der Waals surface area contributed by atoms with Crippen molar-refractivity contribution < 1.29 is 19.1 Å². The predicted octanol–water partition coefficient (Wildman–Crippen LogP) is 2.78. The topological polar surface area (TPSA) is 52.6 Å². The molecule has 4 nitrogen and oxygen atoms in total. The third-order valence-corrected chi connectivity index (χ3v) is 4.44. The number of methoxy groups -OCH3 is 2. The maximum atomic E-state index is 11.9. The lowest BCUT2D eigenvalue weighted by atomic mass is 9.65. The van der Waals surface area contributed by atoms with E-state index in [1.54, 1.807) is 0 Å². The molecule has 0 fully saturated rings. The SMILES string of the molecule is COC(=O)CCC1(CC(=O)OC)CCCc2ccccc21. The molecule has 0 radical (unpaired) electrons. The van der Waals surface area contributed by atoms with Crippen LogP contribution in [0.5, 0.6) is 0 Å². The lowest BCUT2D eigenvalue weighted by Gasteiger charge is -2.38. The Hall–Kier alpha value is -1.84. The van der Waals surface area contributed by atoms with Crippen LogP contribution in [0.3, 0.4) is 0 Å². The monoisotopic (exact) mass is 290 g/mol. The Kier molecular flexibility index (Phi) is 4.99. The van der Waals surface area contributed by atoms with E-state index in [0.717, 1.165) is 19.3 Å². The van der Waals surface area contributed by atoms with Crippen molar-refractivity contribution in [2.24, 2.45) is 0 Å². The summed E-state index contributed by atoms with van der Waals surface area (Å²) in [5, 5.41) is 0. The smallest absolute Gasteiger partial charge is 0.306 e. The van der Waals surface area contributed by atoms with E-state index in [2.05, 4.69) is 12.1 Å². The molecule has 0 N–H and O–H groups in total. The van der Waals surface area contributed by atoms with E-state index in [-0.39, 0.29) is 17.4 Å². The highest BCUT2D eigenvalue weighted by atomic mass is 16.5. The molecule has 1 unspecified atom stereocenters. The second kappa shape index (κ2) is 6.74. The molecule has 2 rings (SSSR count). The standard InChI is InChI=1S/C17H22O4/c1-20-15(18)9-11-17(12-16(19)21-2)10-5-7-13-6-3-4-8-14(13)17/h3-4,6,8H,5,7,9-12H2,1-2H3. The van der Waals surface area contributed by atoms with Gasteiger partial charge in [0.2, 0.25) is 0 Å². The first-order valence-corrected chi connectivity index (χ1v) is 7.33. The average molecular weight is 290 g/mol. The van der Waals surface area contributed by atoms with Crippen LogP contribution in [0, 0.1) is 0 Å². The lowest BCUT2D eigenvalue weighted by Crippen LogP contribution is -2.34. The molecule has 1 aromatic rings. The maximum Gasteiger partial charge on any atom is 0.306 e. The van der Waals surface area contributed by atoms with Gasteiger partial charge in [-0.2, -0.15) is 0 Å².